The van der Waals surface area contributed by atoms with Crippen molar-refractivity contribution in [2.24, 2.45) is 0 Å². The zero-order valence-corrected chi connectivity index (χ0v) is 11.0. The molecule has 0 fully saturated rings. The highest BCUT2D eigenvalue weighted by atomic mass is 35.5. The largest absolute Gasteiger partial charge is 0.379 e. The monoisotopic (exact) mass is 272 g/mol. The summed E-state index contributed by atoms with van der Waals surface area (Å²) in [7, 11) is 0. The summed E-state index contributed by atoms with van der Waals surface area (Å²) in [6, 6.07) is 5.41. The van der Waals surface area contributed by atoms with Gasteiger partial charge in [-0.2, -0.15) is 0 Å². The number of aryl methyl sites for hydroxylation is 1. The Balaban J connectivity index is 2.04. The number of thiazole rings is 1. The van der Waals surface area contributed by atoms with Crippen LogP contribution in [0.15, 0.2) is 24.4 Å². The Morgan fingerprint density at radius 3 is 2.81 bits per heavy atom. The van der Waals surface area contributed by atoms with E-state index in [1.807, 2.05) is 25.3 Å². The zero-order valence-electron chi connectivity index (χ0n) is 8.63. The van der Waals surface area contributed by atoms with Gasteiger partial charge < -0.3 is 5.32 Å². The second kappa shape index (κ2) is 5.04. The van der Waals surface area contributed by atoms with Crippen molar-refractivity contribution < 1.29 is 0 Å². The summed E-state index contributed by atoms with van der Waals surface area (Å²) in [4.78, 5) is 5.37. The third kappa shape index (κ3) is 2.88. The number of aromatic nitrogens is 1. The first kappa shape index (κ1) is 11.7. The first-order chi connectivity index (χ1) is 7.65. The van der Waals surface area contributed by atoms with Crippen molar-refractivity contribution in [2.75, 3.05) is 5.32 Å². The molecule has 84 valence electrons. The fraction of sp³-hybridized carbons (Fsp3) is 0.182. The fourth-order valence-electron chi connectivity index (χ4n) is 1.30. The molecule has 0 atom stereocenters. The molecule has 0 aliphatic heterocycles. The normalized spacial score (nSPS) is 10.4. The number of rotatable bonds is 3. The molecule has 2 aromatic rings. The number of nitrogens with zero attached hydrogens (tertiary/aromatic N) is 1. The Bertz CT molecular complexity index is 496. The van der Waals surface area contributed by atoms with Gasteiger partial charge in [0.2, 0.25) is 0 Å². The van der Waals surface area contributed by atoms with Gasteiger partial charge in [0.1, 0.15) is 0 Å². The minimum Gasteiger partial charge on any atom is -0.379 e. The maximum atomic E-state index is 6.04. The lowest BCUT2D eigenvalue weighted by atomic mass is 10.3. The predicted octanol–water partition coefficient (Wildman–Crippen LogP) is 4.37. The van der Waals surface area contributed by atoms with Crippen molar-refractivity contribution >= 4 is 40.2 Å². The van der Waals surface area contributed by atoms with Gasteiger partial charge in [0.05, 0.1) is 22.3 Å². The number of benzene rings is 1. The van der Waals surface area contributed by atoms with Gasteiger partial charge in [-0.25, -0.2) is 4.98 Å². The maximum absolute atomic E-state index is 6.04. The first-order valence-electron chi connectivity index (χ1n) is 4.75. The van der Waals surface area contributed by atoms with E-state index in [1.54, 1.807) is 17.4 Å². The number of hydrogen-bond acceptors (Lipinski definition) is 3. The summed E-state index contributed by atoms with van der Waals surface area (Å²) in [5.41, 5.74) is 0.886. The van der Waals surface area contributed by atoms with Crippen LogP contribution in [-0.4, -0.2) is 4.98 Å². The fourth-order valence-corrected chi connectivity index (χ4v) is 2.51. The number of anilines is 1. The standard InChI is InChI=1S/C11H10Cl2N2S/c1-7-14-5-9(16-7)6-15-11-3-2-8(12)4-10(11)13/h2-5,15H,6H2,1H3. The summed E-state index contributed by atoms with van der Waals surface area (Å²) in [6.07, 6.45) is 1.87. The maximum Gasteiger partial charge on any atom is 0.0897 e. The zero-order chi connectivity index (χ0) is 11.5. The van der Waals surface area contributed by atoms with Gasteiger partial charge in [-0.15, -0.1) is 11.3 Å². The van der Waals surface area contributed by atoms with E-state index in [9.17, 15) is 0 Å². The third-order valence-corrected chi connectivity index (χ3v) is 3.51. The highest BCUT2D eigenvalue weighted by Gasteiger charge is 2.02. The van der Waals surface area contributed by atoms with E-state index >= 15 is 0 Å². The van der Waals surface area contributed by atoms with Crippen molar-refractivity contribution in [1.29, 1.82) is 0 Å². The molecule has 0 bridgehead atoms. The van der Waals surface area contributed by atoms with Crippen LogP contribution in [0.1, 0.15) is 9.88 Å². The molecule has 0 saturated heterocycles. The second-order valence-electron chi connectivity index (χ2n) is 3.32. The summed E-state index contributed by atoms with van der Waals surface area (Å²) in [6.45, 7) is 2.72. The average Bonchev–Trinajstić information content (AvgIpc) is 2.63. The third-order valence-electron chi connectivity index (χ3n) is 2.05. The molecular formula is C11H10Cl2N2S. The topological polar surface area (TPSA) is 24.9 Å². The molecule has 0 saturated carbocycles. The van der Waals surface area contributed by atoms with E-state index < -0.39 is 0 Å². The van der Waals surface area contributed by atoms with Gasteiger partial charge in [0.15, 0.2) is 0 Å². The summed E-state index contributed by atoms with van der Waals surface area (Å²) in [5, 5.41) is 5.59. The molecule has 1 heterocycles. The van der Waals surface area contributed by atoms with Crippen LogP contribution in [0.2, 0.25) is 10.0 Å². The van der Waals surface area contributed by atoms with Crippen LogP contribution in [0, 0.1) is 6.92 Å². The first-order valence-corrected chi connectivity index (χ1v) is 6.32. The molecule has 16 heavy (non-hydrogen) atoms. The molecule has 5 heteroatoms. The lowest BCUT2D eigenvalue weighted by Gasteiger charge is -2.06. The molecule has 0 aliphatic rings. The van der Waals surface area contributed by atoms with E-state index in [-0.39, 0.29) is 0 Å². The Kier molecular flexibility index (Phi) is 3.69. The quantitative estimate of drug-likeness (QED) is 0.898. The van der Waals surface area contributed by atoms with Gasteiger partial charge >= 0.3 is 0 Å². The molecule has 2 nitrogen and oxygen atoms in total. The molecule has 1 aromatic carbocycles. The van der Waals surface area contributed by atoms with Gasteiger partial charge in [-0.05, 0) is 25.1 Å². The Morgan fingerprint density at radius 2 is 2.19 bits per heavy atom. The smallest absolute Gasteiger partial charge is 0.0897 e. The van der Waals surface area contributed by atoms with Crippen molar-refractivity contribution in [1.82, 2.24) is 4.98 Å². The second-order valence-corrected chi connectivity index (χ2v) is 5.49. The molecule has 2 rings (SSSR count). The minimum absolute atomic E-state index is 0.633. The van der Waals surface area contributed by atoms with Crippen LogP contribution in [0.3, 0.4) is 0 Å². The summed E-state index contributed by atoms with van der Waals surface area (Å²) >= 11 is 13.5. The minimum atomic E-state index is 0.633. The highest BCUT2D eigenvalue weighted by molar-refractivity contribution is 7.11. The SMILES string of the molecule is Cc1ncc(CNc2ccc(Cl)cc2Cl)s1. The Labute approximate surface area is 108 Å². The molecule has 0 radical (unpaired) electrons. The van der Waals surface area contributed by atoms with Crippen LogP contribution in [0.4, 0.5) is 5.69 Å². The van der Waals surface area contributed by atoms with E-state index in [2.05, 4.69) is 10.3 Å². The lowest BCUT2D eigenvalue weighted by molar-refractivity contribution is 1.17. The van der Waals surface area contributed by atoms with Crippen LogP contribution in [0.5, 0.6) is 0 Å². The number of nitrogens with one attached hydrogen (secondary N) is 1. The van der Waals surface area contributed by atoms with Crippen molar-refractivity contribution in [3.8, 4) is 0 Å². The van der Waals surface area contributed by atoms with Gasteiger partial charge in [0.25, 0.3) is 0 Å². The van der Waals surface area contributed by atoms with E-state index in [0.717, 1.165) is 17.2 Å². The summed E-state index contributed by atoms with van der Waals surface area (Å²) < 4.78 is 0. The number of halogens is 2. The lowest BCUT2D eigenvalue weighted by Crippen LogP contribution is -1.97. The van der Waals surface area contributed by atoms with Gasteiger partial charge in [0, 0.05) is 16.1 Å². The van der Waals surface area contributed by atoms with Gasteiger partial charge in [-0.1, -0.05) is 23.2 Å². The van der Waals surface area contributed by atoms with Crippen molar-refractivity contribution in [3.05, 3.63) is 44.3 Å². The molecular weight excluding hydrogens is 263 g/mol. The molecule has 1 aromatic heterocycles. The molecule has 0 aliphatic carbocycles. The van der Waals surface area contributed by atoms with Crippen LogP contribution >= 0.6 is 34.5 Å². The Morgan fingerprint density at radius 1 is 1.38 bits per heavy atom. The van der Waals surface area contributed by atoms with Crippen LogP contribution in [-0.2, 0) is 6.54 Å². The number of hydrogen-bond donors (Lipinski definition) is 1. The van der Waals surface area contributed by atoms with Crippen LogP contribution in [0.25, 0.3) is 0 Å². The average molecular weight is 273 g/mol. The van der Waals surface area contributed by atoms with E-state index in [1.165, 1.54) is 4.88 Å². The van der Waals surface area contributed by atoms with E-state index in [4.69, 9.17) is 23.2 Å². The van der Waals surface area contributed by atoms with Crippen molar-refractivity contribution in [3.63, 3.8) is 0 Å². The molecule has 0 spiro atoms. The molecule has 1 N–H and O–H groups in total. The predicted molar refractivity (Wildman–Crippen MR) is 70.6 cm³/mol. The van der Waals surface area contributed by atoms with Crippen molar-refractivity contribution in [2.45, 2.75) is 13.5 Å². The van der Waals surface area contributed by atoms with Gasteiger partial charge in [-0.3, -0.25) is 0 Å². The molecule has 0 amide bonds. The summed E-state index contributed by atoms with van der Waals surface area (Å²) in [5.74, 6) is 0. The van der Waals surface area contributed by atoms with Crippen LogP contribution < -0.4 is 5.32 Å². The Hall–Kier alpha value is -0.770. The van der Waals surface area contributed by atoms with E-state index in [0.29, 0.717) is 10.0 Å². The molecule has 0 unspecified atom stereocenters. The highest BCUT2D eigenvalue weighted by Crippen LogP contribution is 2.26.